The van der Waals surface area contributed by atoms with Crippen molar-refractivity contribution in [2.45, 2.75) is 33.1 Å². The summed E-state index contributed by atoms with van der Waals surface area (Å²) in [5.41, 5.74) is 4.21. The number of nitrogens with one attached hydrogen (secondary N) is 1. The summed E-state index contributed by atoms with van der Waals surface area (Å²) >= 11 is 0. The van der Waals surface area contributed by atoms with Gasteiger partial charge in [0.1, 0.15) is 6.54 Å². The van der Waals surface area contributed by atoms with E-state index in [2.05, 4.69) is 34.4 Å². The second kappa shape index (κ2) is 10.6. The minimum Gasteiger partial charge on any atom is -0.372 e. The number of carbonyl (C=O) groups is 2. The topological polar surface area (TPSA) is 65.0 Å². The molecular formula is C24H30N4O2. The van der Waals surface area contributed by atoms with Gasteiger partial charge < -0.3 is 10.2 Å². The average Bonchev–Trinajstić information content (AvgIpc) is 2.76. The van der Waals surface area contributed by atoms with Crippen molar-refractivity contribution in [1.29, 1.82) is 0 Å². The molecule has 0 spiro atoms. The molecule has 0 bridgehead atoms. The fourth-order valence-electron chi connectivity index (χ4n) is 3.48. The summed E-state index contributed by atoms with van der Waals surface area (Å²) in [5, 5.41) is 8.66. The molecule has 0 fully saturated rings. The zero-order chi connectivity index (χ0) is 21.3. The minimum absolute atomic E-state index is 0.0373. The van der Waals surface area contributed by atoms with E-state index in [9.17, 15) is 9.59 Å². The van der Waals surface area contributed by atoms with Crippen LogP contribution < -0.4 is 10.2 Å². The Bertz CT molecular complexity index is 878. The standard InChI is InChI=1S/C24H30N4O2/c1-3-27(21-8-5-4-6-9-21)17-7-16-25-23(29)18-28-24(30)15-14-22(26-28)20-12-10-19(2)11-13-20/h4-6,8-13H,3,7,14-18H2,1-2H3,(H,25,29). The van der Waals surface area contributed by atoms with Crippen LogP contribution in [0.2, 0.25) is 0 Å². The molecule has 0 aromatic heterocycles. The smallest absolute Gasteiger partial charge is 0.243 e. The average molecular weight is 407 g/mol. The molecule has 1 heterocycles. The molecular weight excluding hydrogens is 376 g/mol. The van der Waals surface area contributed by atoms with E-state index < -0.39 is 0 Å². The lowest BCUT2D eigenvalue weighted by Gasteiger charge is -2.24. The molecule has 0 aliphatic carbocycles. The molecule has 2 amide bonds. The number of para-hydroxylation sites is 1. The Morgan fingerprint density at radius 3 is 2.53 bits per heavy atom. The minimum atomic E-state index is -0.181. The Hall–Kier alpha value is -3.15. The number of anilines is 1. The van der Waals surface area contributed by atoms with Gasteiger partial charge in [0.15, 0.2) is 0 Å². The number of hydrazone groups is 1. The zero-order valence-electron chi connectivity index (χ0n) is 17.8. The Balaban J connectivity index is 1.48. The van der Waals surface area contributed by atoms with Gasteiger partial charge in [-0.05, 0) is 38.0 Å². The number of hydrogen-bond acceptors (Lipinski definition) is 4. The van der Waals surface area contributed by atoms with E-state index in [1.807, 2.05) is 49.4 Å². The van der Waals surface area contributed by atoms with Crippen LogP contribution in [0, 0.1) is 6.92 Å². The maximum atomic E-state index is 12.3. The third-order valence-electron chi connectivity index (χ3n) is 5.21. The summed E-state index contributed by atoms with van der Waals surface area (Å²) in [4.78, 5) is 26.8. The molecule has 3 rings (SSSR count). The maximum absolute atomic E-state index is 12.3. The third kappa shape index (κ3) is 5.92. The molecule has 6 heteroatoms. The summed E-state index contributed by atoms with van der Waals surface area (Å²) < 4.78 is 0. The molecule has 6 nitrogen and oxygen atoms in total. The van der Waals surface area contributed by atoms with Gasteiger partial charge in [0, 0.05) is 38.2 Å². The van der Waals surface area contributed by atoms with E-state index in [4.69, 9.17) is 0 Å². The van der Waals surface area contributed by atoms with Crippen molar-refractivity contribution in [2.24, 2.45) is 5.10 Å². The monoisotopic (exact) mass is 406 g/mol. The van der Waals surface area contributed by atoms with Gasteiger partial charge in [-0.1, -0.05) is 48.0 Å². The molecule has 1 aliphatic rings. The van der Waals surface area contributed by atoms with Crippen LogP contribution in [-0.4, -0.2) is 48.7 Å². The van der Waals surface area contributed by atoms with Crippen LogP contribution in [0.5, 0.6) is 0 Å². The van der Waals surface area contributed by atoms with Crippen molar-refractivity contribution in [1.82, 2.24) is 10.3 Å². The number of amides is 2. The van der Waals surface area contributed by atoms with E-state index in [0.29, 0.717) is 19.4 Å². The van der Waals surface area contributed by atoms with Crippen molar-refractivity contribution >= 4 is 23.2 Å². The highest BCUT2D eigenvalue weighted by Crippen LogP contribution is 2.16. The SMILES string of the molecule is CCN(CCCNC(=O)CN1N=C(c2ccc(C)cc2)CCC1=O)c1ccccc1. The Kier molecular flexibility index (Phi) is 7.60. The van der Waals surface area contributed by atoms with E-state index in [1.54, 1.807) is 0 Å². The summed E-state index contributed by atoms with van der Waals surface area (Å²) in [7, 11) is 0. The summed E-state index contributed by atoms with van der Waals surface area (Å²) in [5.74, 6) is -0.290. The molecule has 158 valence electrons. The molecule has 0 saturated heterocycles. The highest BCUT2D eigenvalue weighted by atomic mass is 16.2. The van der Waals surface area contributed by atoms with Gasteiger partial charge in [0.05, 0.1) is 5.71 Å². The Morgan fingerprint density at radius 2 is 1.83 bits per heavy atom. The number of rotatable bonds is 9. The van der Waals surface area contributed by atoms with Gasteiger partial charge in [-0.2, -0.15) is 5.10 Å². The fraction of sp³-hybridized carbons (Fsp3) is 0.375. The van der Waals surface area contributed by atoms with Crippen LogP contribution in [0.15, 0.2) is 59.7 Å². The van der Waals surface area contributed by atoms with Gasteiger partial charge in [0.2, 0.25) is 11.8 Å². The first-order valence-electron chi connectivity index (χ1n) is 10.6. The normalized spacial score (nSPS) is 13.7. The van der Waals surface area contributed by atoms with E-state index >= 15 is 0 Å². The second-order valence-electron chi connectivity index (χ2n) is 7.48. The third-order valence-corrected chi connectivity index (χ3v) is 5.21. The van der Waals surface area contributed by atoms with Crippen LogP contribution in [0.3, 0.4) is 0 Å². The van der Waals surface area contributed by atoms with Crippen LogP contribution in [0.1, 0.15) is 37.3 Å². The van der Waals surface area contributed by atoms with Gasteiger partial charge >= 0.3 is 0 Å². The van der Waals surface area contributed by atoms with Crippen LogP contribution in [-0.2, 0) is 9.59 Å². The molecule has 0 atom stereocenters. The van der Waals surface area contributed by atoms with Gasteiger partial charge in [-0.3, -0.25) is 9.59 Å². The first kappa shape index (κ1) is 21.6. The Labute approximate surface area is 178 Å². The van der Waals surface area contributed by atoms with E-state index in [-0.39, 0.29) is 18.4 Å². The molecule has 0 unspecified atom stereocenters. The van der Waals surface area contributed by atoms with Crippen LogP contribution in [0.25, 0.3) is 0 Å². The predicted molar refractivity (Wildman–Crippen MR) is 121 cm³/mol. The van der Waals surface area contributed by atoms with Gasteiger partial charge in [0.25, 0.3) is 0 Å². The number of benzene rings is 2. The molecule has 2 aromatic rings. The molecule has 30 heavy (non-hydrogen) atoms. The highest BCUT2D eigenvalue weighted by Gasteiger charge is 2.23. The molecule has 2 aromatic carbocycles. The molecule has 0 radical (unpaired) electrons. The zero-order valence-corrected chi connectivity index (χ0v) is 17.8. The lowest BCUT2D eigenvalue weighted by Crippen LogP contribution is -2.41. The van der Waals surface area contributed by atoms with Crippen molar-refractivity contribution in [3.63, 3.8) is 0 Å². The first-order chi connectivity index (χ1) is 14.6. The second-order valence-corrected chi connectivity index (χ2v) is 7.48. The van der Waals surface area contributed by atoms with E-state index in [1.165, 1.54) is 16.3 Å². The number of carbonyl (C=O) groups excluding carboxylic acids is 2. The summed E-state index contributed by atoms with van der Waals surface area (Å²) in [6.45, 7) is 6.46. The Morgan fingerprint density at radius 1 is 1.10 bits per heavy atom. The van der Waals surface area contributed by atoms with Crippen LogP contribution >= 0.6 is 0 Å². The van der Waals surface area contributed by atoms with Crippen molar-refractivity contribution in [2.75, 3.05) is 31.1 Å². The summed E-state index contributed by atoms with van der Waals surface area (Å²) in [6.07, 6.45) is 1.81. The number of nitrogens with zero attached hydrogens (tertiary/aromatic N) is 3. The molecule has 1 aliphatic heterocycles. The lowest BCUT2D eigenvalue weighted by molar-refractivity contribution is -0.136. The van der Waals surface area contributed by atoms with Crippen molar-refractivity contribution < 1.29 is 9.59 Å². The van der Waals surface area contributed by atoms with Crippen LogP contribution in [0.4, 0.5) is 5.69 Å². The summed E-state index contributed by atoms with van der Waals surface area (Å²) in [6, 6.07) is 18.3. The van der Waals surface area contributed by atoms with Crippen molar-refractivity contribution in [3.8, 4) is 0 Å². The largest absolute Gasteiger partial charge is 0.372 e. The highest BCUT2D eigenvalue weighted by molar-refractivity contribution is 6.04. The van der Waals surface area contributed by atoms with Gasteiger partial charge in [-0.25, -0.2) is 5.01 Å². The van der Waals surface area contributed by atoms with E-state index in [0.717, 1.165) is 30.8 Å². The van der Waals surface area contributed by atoms with Gasteiger partial charge in [-0.15, -0.1) is 0 Å². The quantitative estimate of drug-likeness (QED) is 0.650. The first-order valence-corrected chi connectivity index (χ1v) is 10.6. The predicted octanol–water partition coefficient (Wildman–Crippen LogP) is 3.35. The lowest BCUT2D eigenvalue weighted by atomic mass is 10.0. The number of aryl methyl sites for hydroxylation is 1. The maximum Gasteiger partial charge on any atom is 0.243 e. The van der Waals surface area contributed by atoms with Crippen molar-refractivity contribution in [3.05, 3.63) is 65.7 Å². The number of hydrogen-bond donors (Lipinski definition) is 1. The fourth-order valence-corrected chi connectivity index (χ4v) is 3.48. The molecule has 0 saturated carbocycles. The molecule has 1 N–H and O–H groups in total.